The monoisotopic (exact) mass is 295 g/mol. The minimum absolute atomic E-state index is 0.153. The molecule has 0 saturated heterocycles. The Kier molecular flexibility index (Phi) is 3.22. The van der Waals surface area contributed by atoms with Gasteiger partial charge in [0.1, 0.15) is 5.82 Å². The summed E-state index contributed by atoms with van der Waals surface area (Å²) in [5.74, 6) is -0.475. The third-order valence-electron chi connectivity index (χ3n) is 1.22. The summed E-state index contributed by atoms with van der Waals surface area (Å²) in [4.78, 5) is 10.0. The predicted octanol–water partition coefficient (Wildman–Crippen LogP) is 2.92. The van der Waals surface area contributed by atoms with Crippen LogP contribution in [0.3, 0.4) is 0 Å². The molecule has 0 aromatic heterocycles. The van der Waals surface area contributed by atoms with Crippen LogP contribution in [-0.4, -0.2) is 6.41 Å². The molecule has 0 fully saturated rings. The van der Waals surface area contributed by atoms with Crippen LogP contribution < -0.4 is 5.32 Å². The molecule has 12 heavy (non-hydrogen) atoms. The van der Waals surface area contributed by atoms with Crippen LogP contribution in [0.15, 0.2) is 21.1 Å². The van der Waals surface area contributed by atoms with E-state index in [0.29, 0.717) is 15.4 Å². The molecule has 1 N–H and O–H groups in total. The largest absolute Gasteiger partial charge is 0.326 e. The SMILES string of the molecule is O=CNc1cc(Br)c(Br)cc1F. The Morgan fingerprint density at radius 1 is 1.33 bits per heavy atom. The van der Waals surface area contributed by atoms with Gasteiger partial charge in [0.15, 0.2) is 0 Å². The Morgan fingerprint density at radius 2 is 1.92 bits per heavy atom. The molecule has 0 heterocycles. The van der Waals surface area contributed by atoms with Crippen LogP contribution in [0.25, 0.3) is 0 Å². The number of hydrogen-bond acceptors (Lipinski definition) is 1. The molecule has 1 rings (SSSR count). The van der Waals surface area contributed by atoms with Crippen molar-refractivity contribution >= 4 is 44.0 Å². The van der Waals surface area contributed by atoms with E-state index in [4.69, 9.17) is 0 Å². The maximum atomic E-state index is 12.9. The molecule has 1 amide bonds. The van der Waals surface area contributed by atoms with E-state index in [1.165, 1.54) is 12.1 Å². The Labute approximate surface area is 85.4 Å². The van der Waals surface area contributed by atoms with E-state index < -0.39 is 5.82 Å². The first-order valence-electron chi connectivity index (χ1n) is 3.00. The normalized spacial score (nSPS) is 9.58. The summed E-state index contributed by atoms with van der Waals surface area (Å²) in [7, 11) is 0. The summed E-state index contributed by atoms with van der Waals surface area (Å²) in [5.41, 5.74) is 0.153. The van der Waals surface area contributed by atoms with Gasteiger partial charge in [-0.15, -0.1) is 0 Å². The van der Waals surface area contributed by atoms with Gasteiger partial charge in [-0.1, -0.05) is 0 Å². The van der Waals surface area contributed by atoms with E-state index in [1.807, 2.05) is 0 Å². The maximum absolute atomic E-state index is 12.9. The van der Waals surface area contributed by atoms with Gasteiger partial charge in [-0.3, -0.25) is 4.79 Å². The van der Waals surface area contributed by atoms with Crippen LogP contribution >= 0.6 is 31.9 Å². The number of nitrogens with one attached hydrogen (secondary N) is 1. The molecule has 0 unspecified atom stereocenters. The van der Waals surface area contributed by atoms with E-state index >= 15 is 0 Å². The second kappa shape index (κ2) is 4.00. The highest BCUT2D eigenvalue weighted by Gasteiger charge is 2.05. The predicted molar refractivity (Wildman–Crippen MR) is 51.5 cm³/mol. The van der Waals surface area contributed by atoms with Crippen LogP contribution in [0, 0.1) is 5.82 Å². The molecule has 0 aliphatic heterocycles. The highest BCUT2D eigenvalue weighted by atomic mass is 79.9. The summed E-state index contributed by atoms with van der Waals surface area (Å²) < 4.78 is 14.2. The molecule has 0 spiro atoms. The number of amides is 1. The van der Waals surface area contributed by atoms with Crippen molar-refractivity contribution in [2.75, 3.05) is 5.32 Å². The lowest BCUT2D eigenvalue weighted by Crippen LogP contribution is -1.96. The zero-order valence-corrected chi connectivity index (χ0v) is 8.95. The minimum Gasteiger partial charge on any atom is -0.326 e. The van der Waals surface area contributed by atoms with E-state index in [2.05, 4.69) is 37.2 Å². The van der Waals surface area contributed by atoms with Crippen molar-refractivity contribution in [1.29, 1.82) is 0 Å². The van der Waals surface area contributed by atoms with Gasteiger partial charge in [0.2, 0.25) is 6.41 Å². The molecule has 2 nitrogen and oxygen atoms in total. The summed E-state index contributed by atoms with van der Waals surface area (Å²) in [6.07, 6.45) is 0.429. The van der Waals surface area contributed by atoms with Crippen molar-refractivity contribution in [3.05, 3.63) is 26.9 Å². The summed E-state index contributed by atoms with van der Waals surface area (Å²) in [6.45, 7) is 0. The second-order valence-corrected chi connectivity index (χ2v) is 3.72. The van der Waals surface area contributed by atoms with Crippen molar-refractivity contribution in [2.24, 2.45) is 0 Å². The molecule has 0 aliphatic carbocycles. The first kappa shape index (κ1) is 9.67. The second-order valence-electron chi connectivity index (χ2n) is 2.01. The minimum atomic E-state index is -0.475. The fourth-order valence-electron chi connectivity index (χ4n) is 0.697. The zero-order valence-electron chi connectivity index (χ0n) is 5.77. The number of halogens is 3. The molecular formula is C7H4Br2FNO. The number of carbonyl (C=O) groups is 1. The van der Waals surface area contributed by atoms with Crippen molar-refractivity contribution in [3.63, 3.8) is 0 Å². The number of benzene rings is 1. The Hall–Kier alpha value is -0.420. The molecule has 1 aromatic rings. The zero-order chi connectivity index (χ0) is 9.14. The fourth-order valence-corrected chi connectivity index (χ4v) is 1.36. The van der Waals surface area contributed by atoms with Gasteiger partial charge in [-0.25, -0.2) is 4.39 Å². The third-order valence-corrected chi connectivity index (χ3v) is 3.07. The van der Waals surface area contributed by atoms with Gasteiger partial charge in [0.25, 0.3) is 0 Å². The van der Waals surface area contributed by atoms with Crippen molar-refractivity contribution in [1.82, 2.24) is 0 Å². The van der Waals surface area contributed by atoms with Gasteiger partial charge in [0, 0.05) is 8.95 Å². The number of carbonyl (C=O) groups excluding carboxylic acids is 1. The average molecular weight is 297 g/mol. The lowest BCUT2D eigenvalue weighted by Gasteiger charge is -2.02. The van der Waals surface area contributed by atoms with Gasteiger partial charge in [-0.2, -0.15) is 0 Å². The van der Waals surface area contributed by atoms with Crippen molar-refractivity contribution in [3.8, 4) is 0 Å². The number of rotatable bonds is 2. The summed E-state index contributed by atoms with van der Waals surface area (Å²) >= 11 is 6.31. The van der Waals surface area contributed by atoms with Crippen LogP contribution in [0.5, 0.6) is 0 Å². The Bertz CT molecular complexity index is 317. The molecule has 0 saturated carbocycles. The Morgan fingerprint density at radius 3 is 2.50 bits per heavy atom. The van der Waals surface area contributed by atoms with Gasteiger partial charge < -0.3 is 5.32 Å². The first-order chi connectivity index (χ1) is 5.65. The molecule has 0 aliphatic rings. The number of hydrogen-bond donors (Lipinski definition) is 1. The highest BCUT2D eigenvalue weighted by molar-refractivity contribution is 9.13. The average Bonchev–Trinajstić information content (AvgIpc) is 2.01. The molecule has 1 aromatic carbocycles. The standard InChI is InChI=1S/C7H4Br2FNO/c8-4-1-6(10)7(11-3-12)2-5(4)9/h1-3H,(H,11,12). The van der Waals surface area contributed by atoms with E-state index in [-0.39, 0.29) is 5.69 Å². The van der Waals surface area contributed by atoms with Gasteiger partial charge in [0.05, 0.1) is 5.69 Å². The van der Waals surface area contributed by atoms with Crippen LogP contribution in [0.2, 0.25) is 0 Å². The van der Waals surface area contributed by atoms with Crippen molar-refractivity contribution in [2.45, 2.75) is 0 Å². The molecular weight excluding hydrogens is 293 g/mol. The van der Waals surface area contributed by atoms with E-state index in [9.17, 15) is 9.18 Å². The number of anilines is 1. The molecule has 0 atom stereocenters. The molecule has 64 valence electrons. The van der Waals surface area contributed by atoms with E-state index in [0.717, 1.165) is 0 Å². The van der Waals surface area contributed by atoms with Crippen LogP contribution in [0.4, 0.5) is 10.1 Å². The highest BCUT2D eigenvalue weighted by Crippen LogP contribution is 2.28. The topological polar surface area (TPSA) is 29.1 Å². The lowest BCUT2D eigenvalue weighted by molar-refractivity contribution is -0.105. The summed E-state index contributed by atoms with van der Waals surface area (Å²) in [5, 5.41) is 2.24. The lowest BCUT2D eigenvalue weighted by atomic mass is 10.3. The quantitative estimate of drug-likeness (QED) is 0.660. The molecule has 0 bridgehead atoms. The van der Waals surface area contributed by atoms with Gasteiger partial charge >= 0.3 is 0 Å². The van der Waals surface area contributed by atoms with E-state index in [1.54, 1.807) is 0 Å². The van der Waals surface area contributed by atoms with Crippen molar-refractivity contribution < 1.29 is 9.18 Å². The van der Waals surface area contributed by atoms with Crippen LogP contribution in [0.1, 0.15) is 0 Å². The fraction of sp³-hybridized carbons (Fsp3) is 0. The summed E-state index contributed by atoms with van der Waals surface area (Å²) in [6, 6.07) is 2.75. The van der Waals surface area contributed by atoms with Gasteiger partial charge in [-0.05, 0) is 44.0 Å². The van der Waals surface area contributed by atoms with Crippen LogP contribution in [-0.2, 0) is 4.79 Å². The molecule has 0 radical (unpaired) electrons. The Balaban J connectivity index is 3.13. The smallest absolute Gasteiger partial charge is 0.211 e. The third kappa shape index (κ3) is 2.04. The molecule has 5 heteroatoms. The first-order valence-corrected chi connectivity index (χ1v) is 4.58. The maximum Gasteiger partial charge on any atom is 0.211 e.